The molecule has 0 bridgehead atoms. The number of carbonyl (C=O) groups is 1. The van der Waals surface area contributed by atoms with Crippen LogP contribution < -0.4 is 5.32 Å². The Morgan fingerprint density at radius 3 is 2.53 bits per heavy atom. The van der Waals surface area contributed by atoms with Crippen LogP contribution in [-0.2, 0) is 18.8 Å². The fourth-order valence-corrected chi connectivity index (χ4v) is 4.06. The van der Waals surface area contributed by atoms with Gasteiger partial charge in [-0.15, -0.1) is 0 Å². The molecule has 12 heteroatoms. The summed E-state index contributed by atoms with van der Waals surface area (Å²) in [4.78, 5) is 16.1. The van der Waals surface area contributed by atoms with Crippen molar-refractivity contribution in [2.45, 2.75) is 44.1 Å². The highest BCUT2D eigenvalue weighted by atomic mass is 35.5. The van der Waals surface area contributed by atoms with Crippen LogP contribution in [0, 0.1) is 0 Å². The molecule has 1 atom stereocenters. The zero-order chi connectivity index (χ0) is 24.7. The minimum atomic E-state index is -4.67. The number of aryl methyl sites for hydroxylation is 1. The lowest BCUT2D eigenvalue weighted by Crippen LogP contribution is -2.28. The van der Waals surface area contributed by atoms with E-state index in [0.29, 0.717) is 24.1 Å². The summed E-state index contributed by atoms with van der Waals surface area (Å²) < 4.78 is 79.7. The molecule has 5 nitrogen and oxygen atoms in total. The molecule has 0 spiro atoms. The third kappa shape index (κ3) is 5.19. The molecule has 3 aromatic rings. The first kappa shape index (κ1) is 24.1. The monoisotopic (exact) mass is 502 g/mol. The highest BCUT2D eigenvalue weighted by molar-refractivity contribution is 6.31. The van der Waals surface area contributed by atoms with Crippen molar-refractivity contribution < 1.29 is 31.1 Å². The van der Waals surface area contributed by atoms with Crippen LogP contribution in [0.25, 0.3) is 5.69 Å². The molecule has 1 aromatic carbocycles. The second kappa shape index (κ2) is 8.94. The van der Waals surface area contributed by atoms with E-state index >= 15 is 0 Å². The van der Waals surface area contributed by atoms with E-state index in [0.717, 1.165) is 43.3 Å². The fraction of sp³-hybridized carbons (Fsp3) is 0.318. The van der Waals surface area contributed by atoms with Gasteiger partial charge in [0.1, 0.15) is 5.69 Å². The highest BCUT2D eigenvalue weighted by Gasteiger charge is 2.34. The van der Waals surface area contributed by atoms with Crippen LogP contribution in [0.1, 0.15) is 58.2 Å². The van der Waals surface area contributed by atoms with E-state index in [1.54, 1.807) is 0 Å². The number of pyridine rings is 1. The van der Waals surface area contributed by atoms with Gasteiger partial charge in [0.15, 0.2) is 0 Å². The molecule has 0 fully saturated rings. The third-order valence-electron chi connectivity index (χ3n) is 5.45. The maximum Gasteiger partial charge on any atom is 0.433 e. The van der Waals surface area contributed by atoms with Gasteiger partial charge >= 0.3 is 12.4 Å². The fourth-order valence-electron chi connectivity index (χ4n) is 3.83. The van der Waals surface area contributed by atoms with Gasteiger partial charge in [-0.25, -0.2) is 4.68 Å². The van der Waals surface area contributed by atoms with Gasteiger partial charge in [-0.05, 0) is 49.6 Å². The number of carbonyl (C=O) groups excluding carboxylic acids is 1. The molecule has 4 rings (SSSR count). The van der Waals surface area contributed by atoms with Crippen molar-refractivity contribution in [2.75, 3.05) is 0 Å². The summed E-state index contributed by atoms with van der Waals surface area (Å²) in [5, 5.41) is 6.89. The summed E-state index contributed by atoms with van der Waals surface area (Å²) in [6, 6.07) is 4.25. The summed E-state index contributed by atoms with van der Waals surface area (Å²) in [6.07, 6.45) is -4.25. The van der Waals surface area contributed by atoms with E-state index in [1.807, 2.05) is 0 Å². The Bertz CT molecular complexity index is 1220. The molecular weight excluding hydrogens is 486 g/mol. The van der Waals surface area contributed by atoms with Crippen LogP contribution in [0.4, 0.5) is 26.3 Å². The van der Waals surface area contributed by atoms with Crippen molar-refractivity contribution in [3.8, 4) is 5.69 Å². The Morgan fingerprint density at radius 2 is 1.82 bits per heavy atom. The van der Waals surface area contributed by atoms with Crippen LogP contribution in [0.3, 0.4) is 0 Å². The van der Waals surface area contributed by atoms with E-state index in [-0.39, 0.29) is 16.3 Å². The summed E-state index contributed by atoms with van der Waals surface area (Å²) in [7, 11) is 0. The molecule has 0 saturated heterocycles. The predicted molar refractivity (Wildman–Crippen MR) is 111 cm³/mol. The van der Waals surface area contributed by atoms with Gasteiger partial charge < -0.3 is 5.32 Å². The smallest absolute Gasteiger partial charge is 0.345 e. The zero-order valence-electron chi connectivity index (χ0n) is 17.3. The Hall–Kier alpha value is -3.08. The normalized spacial score (nSPS) is 16.6. The van der Waals surface area contributed by atoms with Crippen molar-refractivity contribution in [3.63, 3.8) is 0 Å². The molecule has 1 amide bonds. The van der Waals surface area contributed by atoms with E-state index in [9.17, 15) is 31.1 Å². The lowest BCUT2D eigenvalue weighted by Gasteiger charge is -2.17. The number of rotatable bonds is 3. The minimum Gasteiger partial charge on any atom is -0.345 e. The Balaban J connectivity index is 1.64. The first-order valence-electron chi connectivity index (χ1n) is 10.2. The molecule has 1 aliphatic rings. The maximum atomic E-state index is 13.1. The number of nitrogens with one attached hydrogen (secondary N) is 1. The molecule has 0 radical (unpaired) electrons. The van der Waals surface area contributed by atoms with Gasteiger partial charge in [-0.1, -0.05) is 18.0 Å². The molecule has 1 unspecified atom stereocenters. The molecule has 1 N–H and O–H groups in total. The van der Waals surface area contributed by atoms with E-state index in [1.165, 1.54) is 16.9 Å². The number of benzene rings is 1. The number of amides is 1. The number of fused-ring (bicyclic) bond motifs is 1. The molecular formula is C22H17ClF6N4O. The quantitative estimate of drug-likeness (QED) is 0.345. The third-order valence-corrected chi connectivity index (χ3v) is 5.66. The van der Waals surface area contributed by atoms with Gasteiger partial charge in [0.05, 0.1) is 23.0 Å². The lowest BCUT2D eigenvalue weighted by atomic mass is 10.0. The highest BCUT2D eigenvalue weighted by Crippen LogP contribution is 2.34. The van der Waals surface area contributed by atoms with Crippen LogP contribution in [0.5, 0.6) is 0 Å². The van der Waals surface area contributed by atoms with Gasteiger partial charge in [0.25, 0.3) is 5.91 Å². The number of hydrogen-bond donors (Lipinski definition) is 1. The largest absolute Gasteiger partial charge is 0.433 e. The van der Waals surface area contributed by atoms with Crippen LogP contribution in [0.15, 0.2) is 42.7 Å². The van der Waals surface area contributed by atoms with E-state index < -0.39 is 35.6 Å². The predicted octanol–water partition coefficient (Wildman–Crippen LogP) is 6.16. The van der Waals surface area contributed by atoms with Crippen LogP contribution >= 0.6 is 11.6 Å². The Labute approximate surface area is 194 Å². The Kier molecular flexibility index (Phi) is 6.32. The molecule has 2 aromatic heterocycles. The van der Waals surface area contributed by atoms with Gasteiger partial charge in [0, 0.05) is 28.5 Å². The molecule has 0 saturated carbocycles. The summed E-state index contributed by atoms with van der Waals surface area (Å²) >= 11 is 5.79. The van der Waals surface area contributed by atoms with Gasteiger partial charge in [0.2, 0.25) is 0 Å². The summed E-state index contributed by atoms with van der Waals surface area (Å²) in [5.41, 5.74) is -1.03. The second-order valence-electron chi connectivity index (χ2n) is 7.87. The molecule has 1 aliphatic carbocycles. The number of alkyl halides is 6. The molecule has 180 valence electrons. The standard InChI is InChI=1S/C22H17ClF6N4O/c23-14-8-12(7-13(9-14)21(24,25)26)20(34)31-17-3-1-2-4-18-16(17)11-33(32-18)15-5-6-30-19(10-15)22(27,28)29/h5-11,17H,1-4H2,(H,31,34). The number of nitrogens with zero attached hydrogens (tertiary/aromatic N) is 3. The first-order chi connectivity index (χ1) is 15.9. The average molecular weight is 503 g/mol. The van der Waals surface area contributed by atoms with Gasteiger partial charge in [-0.3, -0.25) is 9.78 Å². The number of aromatic nitrogens is 3. The minimum absolute atomic E-state index is 0.144. The summed E-state index contributed by atoms with van der Waals surface area (Å²) in [5.74, 6) is -0.748. The van der Waals surface area contributed by atoms with Crippen molar-refractivity contribution in [1.82, 2.24) is 20.1 Å². The molecule has 2 heterocycles. The van der Waals surface area contributed by atoms with E-state index in [2.05, 4.69) is 15.4 Å². The van der Waals surface area contributed by atoms with Crippen molar-refractivity contribution in [3.05, 3.63) is 75.8 Å². The lowest BCUT2D eigenvalue weighted by molar-refractivity contribution is -0.141. The second-order valence-corrected chi connectivity index (χ2v) is 8.31. The summed E-state index contributed by atoms with van der Waals surface area (Å²) in [6.45, 7) is 0. The Morgan fingerprint density at radius 1 is 1.06 bits per heavy atom. The van der Waals surface area contributed by atoms with Crippen molar-refractivity contribution in [1.29, 1.82) is 0 Å². The van der Waals surface area contributed by atoms with Crippen molar-refractivity contribution in [2.24, 2.45) is 0 Å². The van der Waals surface area contributed by atoms with Crippen molar-refractivity contribution >= 4 is 17.5 Å². The first-order valence-corrected chi connectivity index (χ1v) is 10.6. The van der Waals surface area contributed by atoms with Crippen LogP contribution in [0.2, 0.25) is 5.02 Å². The van der Waals surface area contributed by atoms with Crippen LogP contribution in [-0.4, -0.2) is 20.7 Å². The number of halogens is 7. The zero-order valence-corrected chi connectivity index (χ0v) is 18.1. The number of hydrogen-bond acceptors (Lipinski definition) is 3. The SMILES string of the molecule is O=C(NC1CCCCc2nn(-c3ccnc(C(F)(F)F)c3)cc21)c1cc(Cl)cc(C(F)(F)F)c1. The van der Waals surface area contributed by atoms with E-state index in [4.69, 9.17) is 11.6 Å². The molecule has 34 heavy (non-hydrogen) atoms. The van der Waals surface area contributed by atoms with Gasteiger partial charge in [-0.2, -0.15) is 31.4 Å². The molecule has 0 aliphatic heterocycles. The maximum absolute atomic E-state index is 13.1. The average Bonchev–Trinajstić information content (AvgIpc) is 3.10. The topological polar surface area (TPSA) is 59.8 Å².